The van der Waals surface area contributed by atoms with Crippen LogP contribution in [0.4, 0.5) is 14.5 Å². The normalized spacial score (nSPS) is 13.6. The summed E-state index contributed by atoms with van der Waals surface area (Å²) in [6.07, 6.45) is 1.49. The standard InChI is InChI=1S/C14H13F2NO4/c1-2-3-4-21-11(18)7-17-12-9(13(19)14(17)20)5-8(15)6-10(12)16/h5-6H,2-4,7H2,1H3. The lowest BCUT2D eigenvalue weighted by Crippen LogP contribution is -2.36. The molecular weight excluding hydrogens is 284 g/mol. The van der Waals surface area contributed by atoms with E-state index < -0.39 is 35.8 Å². The number of ether oxygens (including phenoxy) is 1. The Kier molecular flexibility index (Phi) is 4.30. The van der Waals surface area contributed by atoms with E-state index in [1.807, 2.05) is 6.92 Å². The Labute approximate surface area is 119 Å². The molecule has 1 amide bonds. The molecule has 7 heteroatoms. The molecule has 1 aromatic carbocycles. The molecule has 0 bridgehead atoms. The van der Waals surface area contributed by atoms with Crippen LogP contribution in [-0.4, -0.2) is 30.8 Å². The molecule has 2 rings (SSSR count). The Morgan fingerprint density at radius 2 is 2.00 bits per heavy atom. The average molecular weight is 297 g/mol. The lowest BCUT2D eigenvalue weighted by molar-refractivity contribution is -0.142. The molecule has 0 saturated carbocycles. The third-order valence-electron chi connectivity index (χ3n) is 3.03. The van der Waals surface area contributed by atoms with Crippen LogP contribution < -0.4 is 4.90 Å². The number of rotatable bonds is 5. The summed E-state index contributed by atoms with van der Waals surface area (Å²) in [5.74, 6) is -4.88. The van der Waals surface area contributed by atoms with E-state index in [1.54, 1.807) is 0 Å². The molecule has 1 aliphatic heterocycles. The second kappa shape index (κ2) is 5.99. The summed E-state index contributed by atoms with van der Waals surface area (Å²) in [6, 6.07) is 1.33. The van der Waals surface area contributed by atoms with Crippen LogP contribution in [0.2, 0.25) is 0 Å². The van der Waals surface area contributed by atoms with E-state index >= 15 is 0 Å². The maximum atomic E-state index is 13.8. The number of fused-ring (bicyclic) bond motifs is 1. The third kappa shape index (κ3) is 2.91. The van der Waals surface area contributed by atoms with Gasteiger partial charge in [-0.25, -0.2) is 8.78 Å². The molecule has 1 aliphatic rings. The van der Waals surface area contributed by atoms with Crippen LogP contribution in [0.1, 0.15) is 30.1 Å². The van der Waals surface area contributed by atoms with Crippen LogP contribution in [0.3, 0.4) is 0 Å². The lowest BCUT2D eigenvalue weighted by atomic mass is 10.1. The number of unbranched alkanes of at least 4 members (excludes halogenated alkanes) is 1. The van der Waals surface area contributed by atoms with Gasteiger partial charge in [0.15, 0.2) is 5.82 Å². The van der Waals surface area contributed by atoms with E-state index in [-0.39, 0.29) is 17.9 Å². The Morgan fingerprint density at radius 1 is 1.29 bits per heavy atom. The zero-order valence-corrected chi connectivity index (χ0v) is 11.3. The Bertz CT molecular complexity index is 615. The van der Waals surface area contributed by atoms with E-state index in [2.05, 4.69) is 0 Å². The predicted molar refractivity (Wildman–Crippen MR) is 68.9 cm³/mol. The Hall–Kier alpha value is -2.31. The highest BCUT2D eigenvalue weighted by Crippen LogP contribution is 2.32. The van der Waals surface area contributed by atoms with Crippen molar-refractivity contribution in [3.63, 3.8) is 0 Å². The van der Waals surface area contributed by atoms with E-state index in [1.165, 1.54) is 0 Å². The van der Waals surface area contributed by atoms with E-state index in [0.717, 1.165) is 12.5 Å². The fourth-order valence-corrected chi connectivity index (χ4v) is 2.01. The molecule has 0 saturated heterocycles. The van der Waals surface area contributed by atoms with Crippen molar-refractivity contribution in [2.24, 2.45) is 0 Å². The Balaban J connectivity index is 2.21. The summed E-state index contributed by atoms with van der Waals surface area (Å²) in [4.78, 5) is 35.7. The van der Waals surface area contributed by atoms with Crippen LogP contribution in [0, 0.1) is 11.6 Å². The average Bonchev–Trinajstić information content (AvgIpc) is 2.64. The van der Waals surface area contributed by atoms with Gasteiger partial charge in [-0.3, -0.25) is 19.3 Å². The first-order valence-corrected chi connectivity index (χ1v) is 6.46. The smallest absolute Gasteiger partial charge is 0.326 e. The predicted octanol–water partition coefficient (Wildman–Crippen LogP) is 1.84. The zero-order valence-electron chi connectivity index (χ0n) is 11.3. The van der Waals surface area contributed by atoms with Gasteiger partial charge in [0.05, 0.1) is 17.9 Å². The summed E-state index contributed by atoms with van der Waals surface area (Å²) in [6.45, 7) is 1.52. The summed E-state index contributed by atoms with van der Waals surface area (Å²) >= 11 is 0. The number of ketones is 1. The first kappa shape index (κ1) is 15.1. The number of amides is 1. The van der Waals surface area contributed by atoms with Crippen LogP contribution in [0.15, 0.2) is 12.1 Å². The van der Waals surface area contributed by atoms with Gasteiger partial charge in [-0.05, 0) is 12.5 Å². The van der Waals surface area contributed by atoms with Crippen molar-refractivity contribution in [1.82, 2.24) is 0 Å². The van der Waals surface area contributed by atoms with Crippen LogP contribution in [0.25, 0.3) is 0 Å². The van der Waals surface area contributed by atoms with E-state index in [0.29, 0.717) is 17.4 Å². The van der Waals surface area contributed by atoms with Crippen molar-refractivity contribution in [3.05, 3.63) is 29.3 Å². The van der Waals surface area contributed by atoms with Gasteiger partial charge in [0.1, 0.15) is 12.4 Å². The number of hydrogen-bond acceptors (Lipinski definition) is 4. The molecule has 1 aromatic rings. The molecule has 0 aromatic heterocycles. The number of hydrogen-bond donors (Lipinski definition) is 0. The minimum atomic E-state index is -1.07. The molecule has 1 heterocycles. The number of carbonyl (C=O) groups is 3. The Morgan fingerprint density at radius 3 is 2.67 bits per heavy atom. The van der Waals surface area contributed by atoms with Gasteiger partial charge in [-0.2, -0.15) is 0 Å². The number of Topliss-reactive ketones (excluding diaryl/α,β-unsaturated/α-hetero) is 1. The number of halogens is 2. The molecule has 0 atom stereocenters. The van der Waals surface area contributed by atoms with Crippen LogP contribution in [0.5, 0.6) is 0 Å². The van der Waals surface area contributed by atoms with Crippen molar-refractivity contribution in [3.8, 4) is 0 Å². The van der Waals surface area contributed by atoms with Gasteiger partial charge in [-0.1, -0.05) is 13.3 Å². The number of benzene rings is 1. The number of carbonyl (C=O) groups excluding carboxylic acids is 3. The molecule has 0 fully saturated rings. The molecule has 0 radical (unpaired) electrons. The summed E-state index contributed by atoms with van der Waals surface area (Å²) in [5.41, 5.74) is -0.752. The summed E-state index contributed by atoms with van der Waals surface area (Å²) < 4.78 is 31.7. The maximum absolute atomic E-state index is 13.8. The van der Waals surface area contributed by atoms with Gasteiger partial charge >= 0.3 is 5.97 Å². The second-order valence-electron chi connectivity index (χ2n) is 4.58. The highest BCUT2D eigenvalue weighted by Gasteiger charge is 2.39. The summed E-state index contributed by atoms with van der Waals surface area (Å²) in [7, 11) is 0. The van der Waals surface area contributed by atoms with Gasteiger partial charge < -0.3 is 4.74 Å². The lowest BCUT2D eigenvalue weighted by Gasteiger charge is -2.16. The SMILES string of the molecule is CCCCOC(=O)CN1C(=O)C(=O)c2cc(F)cc(F)c21. The highest BCUT2D eigenvalue weighted by molar-refractivity contribution is 6.52. The molecular formula is C14H13F2NO4. The van der Waals surface area contributed by atoms with Crippen molar-refractivity contribution < 1.29 is 27.9 Å². The molecule has 112 valence electrons. The molecule has 0 spiro atoms. The summed E-state index contributed by atoms with van der Waals surface area (Å²) in [5, 5.41) is 0. The first-order chi connectivity index (χ1) is 9.95. The third-order valence-corrected chi connectivity index (χ3v) is 3.03. The fraction of sp³-hybridized carbons (Fsp3) is 0.357. The highest BCUT2D eigenvalue weighted by atomic mass is 19.1. The largest absolute Gasteiger partial charge is 0.464 e. The molecule has 0 aliphatic carbocycles. The van der Waals surface area contributed by atoms with Gasteiger partial charge in [-0.15, -0.1) is 0 Å². The van der Waals surface area contributed by atoms with Crippen molar-refractivity contribution >= 4 is 23.3 Å². The number of nitrogens with zero attached hydrogens (tertiary/aromatic N) is 1. The minimum absolute atomic E-state index is 0.185. The van der Waals surface area contributed by atoms with Crippen molar-refractivity contribution in [2.45, 2.75) is 19.8 Å². The van der Waals surface area contributed by atoms with Crippen molar-refractivity contribution in [1.29, 1.82) is 0 Å². The number of anilines is 1. The first-order valence-electron chi connectivity index (χ1n) is 6.46. The molecule has 5 nitrogen and oxygen atoms in total. The molecule has 0 unspecified atom stereocenters. The minimum Gasteiger partial charge on any atom is -0.464 e. The quantitative estimate of drug-likeness (QED) is 0.472. The van der Waals surface area contributed by atoms with Gasteiger partial charge in [0, 0.05) is 6.07 Å². The monoisotopic (exact) mass is 297 g/mol. The van der Waals surface area contributed by atoms with E-state index in [4.69, 9.17) is 4.74 Å². The van der Waals surface area contributed by atoms with Crippen LogP contribution in [-0.2, 0) is 14.3 Å². The maximum Gasteiger partial charge on any atom is 0.326 e. The van der Waals surface area contributed by atoms with E-state index in [9.17, 15) is 23.2 Å². The molecule has 0 N–H and O–H groups in total. The van der Waals surface area contributed by atoms with Crippen molar-refractivity contribution in [2.75, 3.05) is 18.1 Å². The second-order valence-corrected chi connectivity index (χ2v) is 4.58. The van der Waals surface area contributed by atoms with Gasteiger partial charge in [0.25, 0.3) is 11.7 Å². The number of esters is 1. The zero-order chi connectivity index (χ0) is 15.6. The molecule has 21 heavy (non-hydrogen) atoms. The van der Waals surface area contributed by atoms with Gasteiger partial charge in [0.2, 0.25) is 0 Å². The topological polar surface area (TPSA) is 63.7 Å². The van der Waals surface area contributed by atoms with Crippen LogP contribution >= 0.6 is 0 Å². The fourth-order valence-electron chi connectivity index (χ4n) is 2.01.